The highest BCUT2D eigenvalue weighted by molar-refractivity contribution is 5.99. The Balaban J connectivity index is 1.72. The van der Waals surface area contributed by atoms with Crippen LogP contribution in [0.5, 0.6) is 17.2 Å². The summed E-state index contributed by atoms with van der Waals surface area (Å²) in [5.74, 6) is -1.41. The Bertz CT molecular complexity index is 894. The Hall–Kier alpha value is -3.09. The summed E-state index contributed by atoms with van der Waals surface area (Å²) < 4.78 is 24.7. The zero-order valence-corrected chi connectivity index (χ0v) is 17.2. The monoisotopic (exact) mass is 418 g/mol. The number of hydrogen-bond acceptors (Lipinski definition) is 5. The van der Waals surface area contributed by atoms with Gasteiger partial charge >= 0.3 is 5.97 Å². The first-order chi connectivity index (χ1) is 14.3. The topological polar surface area (TPSA) is 93.1 Å². The molecule has 0 atom stereocenters. The van der Waals surface area contributed by atoms with Crippen LogP contribution in [0.2, 0.25) is 0 Å². The highest BCUT2D eigenvalue weighted by Gasteiger charge is 2.15. The Kier molecular flexibility index (Phi) is 8.65. The highest BCUT2D eigenvalue weighted by atomic mass is 19.1. The number of carboxylic acid groups (broad SMARTS) is 1. The van der Waals surface area contributed by atoms with Crippen LogP contribution in [0.1, 0.15) is 65.3 Å². The predicted octanol–water partition coefficient (Wildman–Crippen LogP) is 5.15. The number of Topliss-reactive ketones (excluding diaryl/α,β-unsaturated/α-hetero) is 1. The Morgan fingerprint density at radius 3 is 2.30 bits per heavy atom. The molecule has 2 aromatic rings. The van der Waals surface area contributed by atoms with Gasteiger partial charge in [0.15, 0.2) is 5.78 Å². The summed E-state index contributed by atoms with van der Waals surface area (Å²) in [4.78, 5) is 22.8. The molecule has 2 aromatic carbocycles. The van der Waals surface area contributed by atoms with Crippen molar-refractivity contribution in [2.75, 3.05) is 13.2 Å². The van der Waals surface area contributed by atoms with Gasteiger partial charge in [-0.15, -0.1) is 0 Å². The quantitative estimate of drug-likeness (QED) is 0.366. The first-order valence-corrected chi connectivity index (χ1v) is 9.99. The van der Waals surface area contributed by atoms with E-state index in [1.807, 2.05) is 6.92 Å². The van der Waals surface area contributed by atoms with Gasteiger partial charge in [0.1, 0.15) is 23.1 Å². The minimum Gasteiger partial charge on any atom is -0.507 e. The van der Waals surface area contributed by atoms with Gasteiger partial charge in [-0.05, 0) is 56.9 Å². The molecule has 6 nitrogen and oxygen atoms in total. The number of phenols is 1. The molecule has 2 N–H and O–H groups in total. The van der Waals surface area contributed by atoms with Crippen molar-refractivity contribution in [3.63, 3.8) is 0 Å². The summed E-state index contributed by atoms with van der Waals surface area (Å²) in [5.41, 5.74) is 0.488. The number of carboxylic acids is 1. The van der Waals surface area contributed by atoms with Gasteiger partial charge in [0, 0.05) is 18.1 Å². The molecule has 0 amide bonds. The standard InChI is InChI=1S/C23H27FO6/c1-3-7-20(25)18-10-11-21(15(2)22(18)26)30-13-6-4-5-12-29-16-8-9-17(23(27)28)19(24)14-16/h8-11,14,26H,3-7,12-13H2,1-2H3,(H,27,28). The molecule has 0 saturated heterocycles. The summed E-state index contributed by atoms with van der Waals surface area (Å²) >= 11 is 0. The molecule has 2 rings (SSSR count). The molecule has 0 aromatic heterocycles. The van der Waals surface area contributed by atoms with Gasteiger partial charge < -0.3 is 19.7 Å². The third-order valence-corrected chi connectivity index (χ3v) is 4.64. The molecular formula is C23H27FO6. The van der Waals surface area contributed by atoms with Crippen LogP contribution in [-0.4, -0.2) is 35.2 Å². The Morgan fingerprint density at radius 1 is 1.00 bits per heavy atom. The largest absolute Gasteiger partial charge is 0.507 e. The van der Waals surface area contributed by atoms with E-state index in [-0.39, 0.29) is 22.8 Å². The van der Waals surface area contributed by atoms with Gasteiger partial charge in [-0.2, -0.15) is 0 Å². The van der Waals surface area contributed by atoms with E-state index < -0.39 is 11.8 Å². The van der Waals surface area contributed by atoms with Gasteiger partial charge in [-0.3, -0.25) is 4.79 Å². The first kappa shape index (κ1) is 23.2. The molecule has 0 aliphatic heterocycles. The number of benzene rings is 2. The number of carbonyl (C=O) groups excluding carboxylic acids is 1. The van der Waals surface area contributed by atoms with Crippen molar-refractivity contribution in [3.8, 4) is 17.2 Å². The molecule has 0 heterocycles. The van der Waals surface area contributed by atoms with Gasteiger partial charge in [0.25, 0.3) is 0 Å². The van der Waals surface area contributed by atoms with Gasteiger partial charge in [-0.25, -0.2) is 9.18 Å². The molecule has 0 radical (unpaired) electrons. The van der Waals surface area contributed by atoms with Gasteiger partial charge in [0.2, 0.25) is 0 Å². The van der Waals surface area contributed by atoms with E-state index >= 15 is 0 Å². The maximum Gasteiger partial charge on any atom is 0.338 e. The fourth-order valence-corrected chi connectivity index (χ4v) is 2.94. The van der Waals surface area contributed by atoms with E-state index in [9.17, 15) is 19.1 Å². The van der Waals surface area contributed by atoms with Crippen LogP contribution in [0.3, 0.4) is 0 Å². The number of halogens is 1. The lowest BCUT2D eigenvalue weighted by atomic mass is 10.0. The number of ketones is 1. The molecule has 162 valence electrons. The van der Waals surface area contributed by atoms with Crippen LogP contribution in [0.25, 0.3) is 0 Å². The predicted molar refractivity (Wildman–Crippen MR) is 110 cm³/mol. The normalized spacial score (nSPS) is 10.6. The van der Waals surface area contributed by atoms with Gasteiger partial charge in [-0.1, -0.05) is 6.92 Å². The van der Waals surface area contributed by atoms with Crippen molar-refractivity contribution in [1.29, 1.82) is 0 Å². The maximum atomic E-state index is 13.6. The zero-order valence-electron chi connectivity index (χ0n) is 17.2. The third kappa shape index (κ3) is 6.20. The van der Waals surface area contributed by atoms with Crippen LogP contribution >= 0.6 is 0 Å². The lowest BCUT2D eigenvalue weighted by Crippen LogP contribution is -2.04. The van der Waals surface area contributed by atoms with E-state index in [1.165, 1.54) is 12.1 Å². The molecule has 0 fully saturated rings. The van der Waals surface area contributed by atoms with Crippen molar-refractivity contribution in [3.05, 3.63) is 52.8 Å². The fourth-order valence-electron chi connectivity index (χ4n) is 2.94. The minimum absolute atomic E-state index is 0.0273. The molecule has 0 aliphatic carbocycles. The van der Waals surface area contributed by atoms with E-state index in [2.05, 4.69) is 0 Å². The van der Waals surface area contributed by atoms with Crippen LogP contribution in [0.4, 0.5) is 4.39 Å². The van der Waals surface area contributed by atoms with E-state index in [0.717, 1.165) is 31.7 Å². The number of aromatic carboxylic acids is 1. The second kappa shape index (κ2) is 11.2. The number of unbranched alkanes of at least 4 members (excludes halogenated alkanes) is 2. The fraction of sp³-hybridized carbons (Fsp3) is 0.391. The van der Waals surface area contributed by atoms with Crippen molar-refractivity contribution in [2.24, 2.45) is 0 Å². The SMILES string of the molecule is CCCC(=O)c1ccc(OCCCCCOc2ccc(C(=O)O)c(F)c2)c(C)c1O. The summed E-state index contributed by atoms with van der Waals surface area (Å²) in [6.07, 6.45) is 3.41. The van der Waals surface area contributed by atoms with Crippen molar-refractivity contribution >= 4 is 11.8 Å². The van der Waals surface area contributed by atoms with Crippen molar-refractivity contribution in [2.45, 2.75) is 46.0 Å². The number of aromatic hydroxyl groups is 1. The van der Waals surface area contributed by atoms with Crippen LogP contribution in [-0.2, 0) is 0 Å². The smallest absolute Gasteiger partial charge is 0.338 e. The molecule has 0 saturated carbocycles. The van der Waals surface area contributed by atoms with Gasteiger partial charge in [0.05, 0.1) is 24.3 Å². The molecule has 0 spiro atoms. The summed E-state index contributed by atoms with van der Waals surface area (Å²) in [7, 11) is 0. The second-order valence-electron chi connectivity index (χ2n) is 6.96. The van der Waals surface area contributed by atoms with E-state index in [0.29, 0.717) is 36.5 Å². The van der Waals surface area contributed by atoms with Crippen LogP contribution < -0.4 is 9.47 Å². The summed E-state index contributed by atoms with van der Waals surface area (Å²) in [6.45, 7) is 4.46. The van der Waals surface area contributed by atoms with Crippen LogP contribution in [0.15, 0.2) is 30.3 Å². The minimum atomic E-state index is -1.31. The maximum absolute atomic E-state index is 13.6. The van der Waals surface area contributed by atoms with Crippen molar-refractivity contribution in [1.82, 2.24) is 0 Å². The number of rotatable bonds is 12. The summed E-state index contributed by atoms with van der Waals surface area (Å²) in [5, 5.41) is 19.1. The lowest BCUT2D eigenvalue weighted by Gasteiger charge is -2.13. The Labute approximate surface area is 175 Å². The zero-order chi connectivity index (χ0) is 22.1. The number of carbonyl (C=O) groups is 2. The molecule has 30 heavy (non-hydrogen) atoms. The first-order valence-electron chi connectivity index (χ1n) is 9.99. The average molecular weight is 418 g/mol. The second-order valence-corrected chi connectivity index (χ2v) is 6.96. The molecule has 0 bridgehead atoms. The molecule has 0 unspecified atom stereocenters. The van der Waals surface area contributed by atoms with E-state index in [1.54, 1.807) is 19.1 Å². The molecule has 0 aliphatic rings. The van der Waals surface area contributed by atoms with Crippen molar-refractivity contribution < 1.29 is 33.7 Å². The summed E-state index contributed by atoms with van der Waals surface area (Å²) in [6, 6.07) is 6.98. The lowest BCUT2D eigenvalue weighted by molar-refractivity contribution is 0.0691. The number of ether oxygens (including phenoxy) is 2. The number of phenolic OH excluding ortho intramolecular Hbond substituents is 1. The molecule has 7 heteroatoms. The third-order valence-electron chi connectivity index (χ3n) is 4.64. The van der Waals surface area contributed by atoms with E-state index in [4.69, 9.17) is 14.6 Å². The average Bonchev–Trinajstić information content (AvgIpc) is 2.70. The molecular weight excluding hydrogens is 391 g/mol. The number of hydrogen-bond donors (Lipinski definition) is 2. The Morgan fingerprint density at radius 2 is 1.67 bits per heavy atom. The highest BCUT2D eigenvalue weighted by Crippen LogP contribution is 2.31. The van der Waals surface area contributed by atoms with Crippen LogP contribution in [0, 0.1) is 12.7 Å².